The fourth-order valence-corrected chi connectivity index (χ4v) is 2.50. The van der Waals surface area contributed by atoms with E-state index in [-0.39, 0.29) is 5.41 Å². The number of unbranched alkanes of at least 4 members (excludes halogenated alkanes) is 2. The molecule has 0 atom stereocenters. The Labute approximate surface area is 116 Å². The fourth-order valence-electron chi connectivity index (χ4n) is 2.50. The summed E-state index contributed by atoms with van der Waals surface area (Å²) in [7, 11) is 0. The highest BCUT2D eigenvalue weighted by Crippen LogP contribution is 2.24. The molecule has 0 spiro atoms. The minimum atomic E-state index is 0.282. The van der Waals surface area contributed by atoms with Crippen LogP contribution in [0.25, 0.3) is 11.0 Å². The fraction of sp³-hybridized carbons (Fsp3) is 0.588. The maximum atomic E-state index is 4.84. The van der Waals surface area contributed by atoms with Crippen LogP contribution in [0.3, 0.4) is 0 Å². The molecule has 0 radical (unpaired) electrons. The molecule has 0 aliphatic carbocycles. The lowest BCUT2D eigenvalue weighted by molar-refractivity contribution is 0.391. The number of hydrogen-bond acceptors (Lipinski definition) is 1. The lowest BCUT2D eigenvalue weighted by Crippen LogP contribution is -2.14. The van der Waals surface area contributed by atoms with Gasteiger partial charge in [0, 0.05) is 13.0 Å². The lowest BCUT2D eigenvalue weighted by atomic mass is 9.92. The van der Waals surface area contributed by atoms with Gasteiger partial charge in [-0.2, -0.15) is 0 Å². The largest absolute Gasteiger partial charge is 0.328 e. The molecule has 0 saturated carbocycles. The Morgan fingerprint density at radius 2 is 1.84 bits per heavy atom. The SMILES string of the molecule is CCCCCn1c(CC(C)(C)C)nc2ccccc21. The summed E-state index contributed by atoms with van der Waals surface area (Å²) >= 11 is 0. The number of imidazole rings is 1. The first-order valence-corrected chi connectivity index (χ1v) is 7.45. The molecule has 2 aromatic rings. The van der Waals surface area contributed by atoms with Gasteiger partial charge in [0.05, 0.1) is 11.0 Å². The molecule has 0 amide bonds. The topological polar surface area (TPSA) is 17.8 Å². The van der Waals surface area contributed by atoms with E-state index < -0.39 is 0 Å². The van der Waals surface area contributed by atoms with E-state index in [1.54, 1.807) is 0 Å². The van der Waals surface area contributed by atoms with Crippen LogP contribution in [0, 0.1) is 5.41 Å². The van der Waals surface area contributed by atoms with E-state index in [0.29, 0.717) is 0 Å². The third kappa shape index (κ3) is 3.59. The Morgan fingerprint density at radius 1 is 1.11 bits per heavy atom. The molecule has 1 aromatic heterocycles. The van der Waals surface area contributed by atoms with Crippen LogP contribution in [0.4, 0.5) is 0 Å². The van der Waals surface area contributed by atoms with Crippen molar-refractivity contribution < 1.29 is 0 Å². The predicted octanol–water partition coefficient (Wildman–Crippen LogP) is 4.82. The summed E-state index contributed by atoms with van der Waals surface area (Å²) in [6.45, 7) is 10.2. The molecule has 0 bridgehead atoms. The van der Waals surface area contributed by atoms with Gasteiger partial charge in [-0.3, -0.25) is 0 Å². The molecular formula is C17H26N2. The second-order valence-corrected chi connectivity index (χ2v) is 6.61. The molecular weight excluding hydrogens is 232 g/mol. The number of aryl methyl sites for hydroxylation is 1. The third-order valence-corrected chi connectivity index (χ3v) is 3.41. The Bertz CT molecular complexity index is 532. The van der Waals surface area contributed by atoms with Gasteiger partial charge in [-0.1, -0.05) is 52.7 Å². The van der Waals surface area contributed by atoms with Gasteiger partial charge in [0.2, 0.25) is 0 Å². The second kappa shape index (κ2) is 5.77. The van der Waals surface area contributed by atoms with Crippen molar-refractivity contribution in [2.24, 2.45) is 5.41 Å². The average molecular weight is 258 g/mol. The average Bonchev–Trinajstić information content (AvgIpc) is 2.65. The molecule has 0 fully saturated rings. The quantitative estimate of drug-likeness (QED) is 0.703. The molecule has 0 saturated heterocycles. The molecule has 0 aliphatic rings. The van der Waals surface area contributed by atoms with Gasteiger partial charge in [-0.05, 0) is 24.0 Å². The van der Waals surface area contributed by atoms with Crippen molar-refractivity contribution >= 4 is 11.0 Å². The Morgan fingerprint density at radius 3 is 2.53 bits per heavy atom. The van der Waals surface area contributed by atoms with Crippen molar-refractivity contribution in [3.63, 3.8) is 0 Å². The van der Waals surface area contributed by atoms with Crippen LogP contribution in [0.1, 0.15) is 52.8 Å². The summed E-state index contributed by atoms with van der Waals surface area (Å²) < 4.78 is 2.43. The van der Waals surface area contributed by atoms with Crippen LogP contribution in [0.2, 0.25) is 0 Å². The third-order valence-electron chi connectivity index (χ3n) is 3.41. The minimum Gasteiger partial charge on any atom is -0.328 e. The van der Waals surface area contributed by atoms with Gasteiger partial charge in [0.1, 0.15) is 5.82 Å². The van der Waals surface area contributed by atoms with E-state index in [1.165, 1.54) is 30.6 Å². The first kappa shape index (κ1) is 14.1. The summed E-state index contributed by atoms with van der Waals surface area (Å²) in [6, 6.07) is 8.51. The Hall–Kier alpha value is -1.31. The van der Waals surface area contributed by atoms with Gasteiger partial charge >= 0.3 is 0 Å². The van der Waals surface area contributed by atoms with Gasteiger partial charge in [0.15, 0.2) is 0 Å². The summed E-state index contributed by atoms with van der Waals surface area (Å²) in [5.74, 6) is 1.24. The molecule has 1 heterocycles. The van der Waals surface area contributed by atoms with E-state index >= 15 is 0 Å². The highest BCUT2D eigenvalue weighted by Gasteiger charge is 2.17. The molecule has 19 heavy (non-hydrogen) atoms. The molecule has 2 nitrogen and oxygen atoms in total. The first-order valence-electron chi connectivity index (χ1n) is 7.45. The zero-order valence-electron chi connectivity index (χ0n) is 12.7. The summed E-state index contributed by atoms with van der Waals surface area (Å²) in [4.78, 5) is 4.84. The highest BCUT2D eigenvalue weighted by atomic mass is 15.1. The number of hydrogen-bond donors (Lipinski definition) is 0. The number of benzene rings is 1. The van der Waals surface area contributed by atoms with Crippen LogP contribution in [0.5, 0.6) is 0 Å². The second-order valence-electron chi connectivity index (χ2n) is 6.61. The predicted molar refractivity (Wildman–Crippen MR) is 82.4 cm³/mol. The van der Waals surface area contributed by atoms with E-state index in [1.807, 2.05) is 0 Å². The van der Waals surface area contributed by atoms with E-state index in [9.17, 15) is 0 Å². The zero-order chi connectivity index (χ0) is 13.9. The van der Waals surface area contributed by atoms with Gasteiger partial charge in [0.25, 0.3) is 0 Å². The van der Waals surface area contributed by atoms with Crippen molar-refractivity contribution in [2.45, 2.75) is 59.9 Å². The molecule has 0 unspecified atom stereocenters. The van der Waals surface area contributed by atoms with E-state index in [0.717, 1.165) is 18.5 Å². The van der Waals surface area contributed by atoms with Crippen molar-refractivity contribution in [2.75, 3.05) is 0 Å². The van der Waals surface area contributed by atoms with Gasteiger partial charge in [-0.15, -0.1) is 0 Å². The smallest absolute Gasteiger partial charge is 0.110 e. The summed E-state index contributed by atoms with van der Waals surface area (Å²) in [5.41, 5.74) is 2.71. The molecule has 2 heteroatoms. The minimum absolute atomic E-state index is 0.282. The number of nitrogens with zero attached hydrogens (tertiary/aromatic N) is 2. The van der Waals surface area contributed by atoms with Crippen molar-refractivity contribution in [3.05, 3.63) is 30.1 Å². The summed E-state index contributed by atoms with van der Waals surface area (Å²) in [5, 5.41) is 0. The molecule has 2 rings (SSSR count). The Kier molecular flexibility index (Phi) is 4.28. The lowest BCUT2D eigenvalue weighted by Gasteiger charge is -2.18. The number of rotatable bonds is 5. The monoisotopic (exact) mass is 258 g/mol. The number of fused-ring (bicyclic) bond motifs is 1. The molecule has 1 aromatic carbocycles. The first-order chi connectivity index (χ1) is 9.01. The maximum absolute atomic E-state index is 4.84. The highest BCUT2D eigenvalue weighted by molar-refractivity contribution is 5.75. The summed E-state index contributed by atoms with van der Waals surface area (Å²) in [6.07, 6.45) is 4.84. The van der Waals surface area contributed by atoms with Crippen LogP contribution < -0.4 is 0 Å². The van der Waals surface area contributed by atoms with Crippen LogP contribution in [0.15, 0.2) is 24.3 Å². The molecule has 104 valence electrons. The van der Waals surface area contributed by atoms with Crippen molar-refractivity contribution in [1.82, 2.24) is 9.55 Å². The zero-order valence-corrected chi connectivity index (χ0v) is 12.7. The van der Waals surface area contributed by atoms with Crippen molar-refractivity contribution in [1.29, 1.82) is 0 Å². The van der Waals surface area contributed by atoms with Crippen LogP contribution in [-0.4, -0.2) is 9.55 Å². The standard InChI is InChI=1S/C17H26N2/c1-5-6-9-12-19-15-11-8-7-10-14(15)18-16(19)13-17(2,3)4/h7-8,10-11H,5-6,9,12-13H2,1-4H3. The molecule has 0 N–H and O–H groups in total. The normalized spacial score (nSPS) is 12.2. The number of aromatic nitrogens is 2. The number of para-hydroxylation sites is 2. The van der Waals surface area contributed by atoms with E-state index in [4.69, 9.17) is 4.98 Å². The van der Waals surface area contributed by atoms with Crippen molar-refractivity contribution in [3.8, 4) is 0 Å². The van der Waals surface area contributed by atoms with Gasteiger partial charge in [-0.25, -0.2) is 4.98 Å². The van der Waals surface area contributed by atoms with Gasteiger partial charge < -0.3 is 4.57 Å². The van der Waals surface area contributed by atoms with E-state index in [2.05, 4.69) is 56.5 Å². The van der Waals surface area contributed by atoms with Crippen LogP contribution in [-0.2, 0) is 13.0 Å². The molecule has 0 aliphatic heterocycles. The Balaban J connectivity index is 2.34. The van der Waals surface area contributed by atoms with Crippen LogP contribution >= 0.6 is 0 Å². The maximum Gasteiger partial charge on any atom is 0.110 e.